The number of hydrogen-bond donors (Lipinski definition) is 1. The first-order valence-electron chi connectivity index (χ1n) is 8.89. The van der Waals surface area contributed by atoms with E-state index in [0.717, 1.165) is 5.69 Å². The molecule has 0 unspecified atom stereocenters. The van der Waals surface area contributed by atoms with Gasteiger partial charge in [-0.3, -0.25) is 4.79 Å². The molecule has 3 rings (SSSR count). The molecule has 2 aromatic heterocycles. The Bertz CT molecular complexity index is 913. The molecule has 0 aromatic carbocycles. The summed E-state index contributed by atoms with van der Waals surface area (Å²) < 4.78 is 32.3. The van der Waals surface area contributed by atoms with Crippen LogP contribution in [-0.4, -0.2) is 41.9 Å². The van der Waals surface area contributed by atoms with Crippen molar-refractivity contribution in [3.05, 3.63) is 22.5 Å². The summed E-state index contributed by atoms with van der Waals surface area (Å²) in [6.45, 7) is 7.78. The number of anilines is 1. The Hall–Kier alpha value is -1.78. The van der Waals surface area contributed by atoms with E-state index >= 15 is 0 Å². The van der Waals surface area contributed by atoms with Crippen LogP contribution in [0.15, 0.2) is 14.8 Å². The highest BCUT2D eigenvalue weighted by molar-refractivity contribution is 7.89. The number of rotatable bonds is 5. The Labute approximate surface area is 163 Å². The Morgan fingerprint density at radius 3 is 2.74 bits per heavy atom. The number of aromatic nitrogens is 2. The van der Waals surface area contributed by atoms with Crippen LogP contribution >= 0.6 is 11.3 Å². The van der Waals surface area contributed by atoms with Crippen LogP contribution in [0, 0.1) is 19.8 Å². The standard InChI is InChI=1S/C17H24N4O4S2/c1-10(2)14-9-26-17(18-14)19-16(22)13-6-5-7-21(8-13)27(23,24)15-11(3)20-25-12(15)4/h9-10,13H,5-8H2,1-4H3,(H,18,19,22)/t13-/m1/s1. The minimum absolute atomic E-state index is 0.102. The fraction of sp³-hybridized carbons (Fsp3) is 0.588. The second kappa shape index (κ2) is 7.69. The molecule has 8 nitrogen and oxygen atoms in total. The molecule has 0 spiro atoms. The van der Waals surface area contributed by atoms with Crippen molar-refractivity contribution in [3.63, 3.8) is 0 Å². The number of hydrogen-bond acceptors (Lipinski definition) is 7. The maximum Gasteiger partial charge on any atom is 0.248 e. The largest absolute Gasteiger partial charge is 0.360 e. The summed E-state index contributed by atoms with van der Waals surface area (Å²) >= 11 is 1.38. The number of carbonyl (C=O) groups is 1. The van der Waals surface area contributed by atoms with E-state index in [1.54, 1.807) is 13.8 Å². The lowest BCUT2D eigenvalue weighted by atomic mass is 9.99. The Morgan fingerprint density at radius 2 is 2.15 bits per heavy atom. The number of nitrogens with zero attached hydrogens (tertiary/aromatic N) is 3. The van der Waals surface area contributed by atoms with Gasteiger partial charge in [-0.1, -0.05) is 19.0 Å². The number of piperidine rings is 1. The molecular formula is C17H24N4O4S2. The third-order valence-electron chi connectivity index (χ3n) is 4.66. The molecule has 0 saturated carbocycles. The first-order chi connectivity index (χ1) is 12.7. The van der Waals surface area contributed by atoms with E-state index in [2.05, 4.69) is 15.5 Å². The van der Waals surface area contributed by atoms with Crippen LogP contribution in [0.4, 0.5) is 5.13 Å². The minimum atomic E-state index is -3.74. The van der Waals surface area contributed by atoms with Crippen LogP contribution in [0.2, 0.25) is 0 Å². The molecule has 0 bridgehead atoms. The lowest BCUT2D eigenvalue weighted by Crippen LogP contribution is -2.43. The molecule has 27 heavy (non-hydrogen) atoms. The van der Waals surface area contributed by atoms with E-state index in [4.69, 9.17) is 4.52 Å². The number of nitrogens with one attached hydrogen (secondary N) is 1. The van der Waals surface area contributed by atoms with Gasteiger partial charge in [0.2, 0.25) is 15.9 Å². The van der Waals surface area contributed by atoms with Crippen LogP contribution < -0.4 is 5.32 Å². The predicted molar refractivity (Wildman–Crippen MR) is 102 cm³/mol. The van der Waals surface area contributed by atoms with Crippen molar-refractivity contribution in [2.45, 2.75) is 51.3 Å². The summed E-state index contributed by atoms with van der Waals surface area (Å²) in [6.07, 6.45) is 1.26. The maximum absolute atomic E-state index is 13.0. The van der Waals surface area contributed by atoms with Gasteiger partial charge in [-0.2, -0.15) is 4.31 Å². The zero-order chi connectivity index (χ0) is 19.8. The van der Waals surface area contributed by atoms with E-state index in [-0.39, 0.29) is 29.0 Å². The zero-order valence-corrected chi connectivity index (χ0v) is 17.5. The average Bonchev–Trinajstić information content (AvgIpc) is 3.22. The highest BCUT2D eigenvalue weighted by Gasteiger charge is 2.36. The normalized spacial score (nSPS) is 18.8. The molecule has 1 fully saturated rings. The highest BCUT2D eigenvalue weighted by atomic mass is 32.2. The molecular weight excluding hydrogens is 388 g/mol. The fourth-order valence-corrected chi connectivity index (χ4v) is 5.85. The van der Waals surface area contributed by atoms with Gasteiger partial charge in [-0.05, 0) is 32.6 Å². The summed E-state index contributed by atoms with van der Waals surface area (Å²) in [7, 11) is -3.74. The summed E-state index contributed by atoms with van der Waals surface area (Å²) in [4.78, 5) is 17.2. The lowest BCUT2D eigenvalue weighted by Gasteiger charge is -2.30. The zero-order valence-electron chi connectivity index (χ0n) is 15.9. The van der Waals surface area contributed by atoms with Crippen molar-refractivity contribution in [1.82, 2.24) is 14.4 Å². The molecule has 1 atom stereocenters. The first kappa shape index (κ1) is 20.0. The highest BCUT2D eigenvalue weighted by Crippen LogP contribution is 2.29. The summed E-state index contributed by atoms with van der Waals surface area (Å²) in [6, 6.07) is 0. The van der Waals surface area contributed by atoms with Gasteiger partial charge in [0, 0.05) is 18.5 Å². The quantitative estimate of drug-likeness (QED) is 0.809. The third kappa shape index (κ3) is 4.07. The molecule has 1 saturated heterocycles. The third-order valence-corrected chi connectivity index (χ3v) is 7.55. The van der Waals surface area contributed by atoms with E-state index < -0.39 is 15.9 Å². The molecule has 0 radical (unpaired) electrons. The molecule has 10 heteroatoms. The molecule has 1 aliphatic rings. The van der Waals surface area contributed by atoms with Gasteiger partial charge in [0.15, 0.2) is 10.9 Å². The van der Waals surface area contributed by atoms with Gasteiger partial charge in [-0.25, -0.2) is 13.4 Å². The average molecular weight is 413 g/mol. The monoisotopic (exact) mass is 412 g/mol. The molecule has 148 valence electrons. The molecule has 2 aromatic rings. The van der Waals surface area contributed by atoms with Gasteiger partial charge in [-0.15, -0.1) is 11.3 Å². The summed E-state index contributed by atoms with van der Waals surface area (Å²) in [5.74, 6) is -0.0564. The molecule has 1 N–H and O–H groups in total. The Morgan fingerprint density at radius 1 is 1.41 bits per heavy atom. The molecule has 0 aliphatic carbocycles. The first-order valence-corrected chi connectivity index (χ1v) is 11.2. The number of carbonyl (C=O) groups excluding carboxylic acids is 1. The van der Waals surface area contributed by atoms with Gasteiger partial charge >= 0.3 is 0 Å². The number of amides is 1. The second-order valence-corrected chi connectivity index (χ2v) is 9.81. The topological polar surface area (TPSA) is 105 Å². The van der Waals surface area contributed by atoms with Crippen LogP contribution in [0.3, 0.4) is 0 Å². The van der Waals surface area contributed by atoms with E-state index in [1.165, 1.54) is 15.6 Å². The van der Waals surface area contributed by atoms with Crippen molar-refractivity contribution in [3.8, 4) is 0 Å². The van der Waals surface area contributed by atoms with Crippen LogP contribution in [0.25, 0.3) is 0 Å². The van der Waals surface area contributed by atoms with Crippen LogP contribution in [0.5, 0.6) is 0 Å². The minimum Gasteiger partial charge on any atom is -0.360 e. The molecule has 3 heterocycles. The number of thiazole rings is 1. The summed E-state index contributed by atoms with van der Waals surface area (Å²) in [5, 5.41) is 9.05. The smallest absolute Gasteiger partial charge is 0.248 e. The predicted octanol–water partition coefficient (Wildman–Crippen LogP) is 2.91. The number of sulfonamides is 1. The summed E-state index contributed by atoms with van der Waals surface area (Å²) in [5.41, 5.74) is 1.27. The molecule has 1 aliphatic heterocycles. The van der Waals surface area contributed by atoms with Crippen molar-refractivity contribution in [2.75, 3.05) is 18.4 Å². The van der Waals surface area contributed by atoms with Gasteiger partial charge < -0.3 is 9.84 Å². The van der Waals surface area contributed by atoms with E-state index in [1.807, 2.05) is 19.2 Å². The Kier molecular flexibility index (Phi) is 5.68. The number of aryl methyl sites for hydroxylation is 2. The van der Waals surface area contributed by atoms with Crippen molar-refractivity contribution >= 4 is 32.4 Å². The van der Waals surface area contributed by atoms with E-state index in [0.29, 0.717) is 30.2 Å². The van der Waals surface area contributed by atoms with E-state index in [9.17, 15) is 13.2 Å². The fourth-order valence-electron chi connectivity index (χ4n) is 3.16. The van der Waals surface area contributed by atoms with Gasteiger partial charge in [0.05, 0.1) is 11.6 Å². The van der Waals surface area contributed by atoms with Crippen molar-refractivity contribution in [1.29, 1.82) is 0 Å². The van der Waals surface area contributed by atoms with Crippen molar-refractivity contribution in [2.24, 2.45) is 5.92 Å². The second-order valence-electron chi connectivity index (χ2n) is 7.08. The van der Waals surface area contributed by atoms with Gasteiger partial charge in [0.1, 0.15) is 10.6 Å². The van der Waals surface area contributed by atoms with Crippen LogP contribution in [-0.2, 0) is 14.8 Å². The SMILES string of the molecule is Cc1noc(C)c1S(=O)(=O)N1CCC[C@@H](C(=O)Nc2nc(C(C)C)cs2)C1. The lowest BCUT2D eigenvalue weighted by molar-refractivity contribution is -0.120. The Balaban J connectivity index is 1.72. The molecule has 1 amide bonds. The van der Waals surface area contributed by atoms with Crippen LogP contribution in [0.1, 0.15) is 49.8 Å². The maximum atomic E-state index is 13.0. The van der Waals surface area contributed by atoms with Gasteiger partial charge in [0.25, 0.3) is 0 Å². The van der Waals surface area contributed by atoms with Crippen molar-refractivity contribution < 1.29 is 17.7 Å².